The zero-order valence-electron chi connectivity index (χ0n) is 18.1. The predicted molar refractivity (Wildman–Crippen MR) is 119 cm³/mol. The molecule has 2 saturated carbocycles. The Bertz CT molecular complexity index is 556. The van der Waals surface area contributed by atoms with Gasteiger partial charge in [-0.05, 0) is 99.0 Å². The summed E-state index contributed by atoms with van der Waals surface area (Å²) in [5.41, 5.74) is 3.10. The molecule has 1 aromatic rings. The van der Waals surface area contributed by atoms with Gasteiger partial charge in [0.25, 0.3) is 0 Å². The van der Waals surface area contributed by atoms with Gasteiger partial charge in [0, 0.05) is 0 Å². The average Bonchev–Trinajstić information content (AvgIpc) is 2.75. The van der Waals surface area contributed by atoms with Crippen LogP contribution in [0.15, 0.2) is 36.7 Å². The number of rotatable bonds is 9. The largest absolute Gasteiger partial charge is 0.216 e. The molecule has 156 valence electrons. The van der Waals surface area contributed by atoms with E-state index in [1.165, 1.54) is 89.0 Å². The molecule has 0 atom stereocenters. The molecule has 3 rings (SSSR count). The topological polar surface area (TPSA) is 0 Å². The molecule has 0 nitrogen and oxygen atoms in total. The van der Waals surface area contributed by atoms with Gasteiger partial charge in [0.15, 0.2) is 0 Å². The van der Waals surface area contributed by atoms with Crippen LogP contribution in [0, 0.1) is 17.8 Å². The van der Waals surface area contributed by atoms with E-state index >= 15 is 0 Å². The van der Waals surface area contributed by atoms with E-state index in [9.17, 15) is 4.39 Å². The third-order valence-corrected chi connectivity index (χ3v) is 7.68. The van der Waals surface area contributed by atoms with Crippen LogP contribution in [-0.4, -0.2) is 0 Å². The molecule has 0 aliphatic heterocycles. The maximum atomic E-state index is 12.1. The summed E-state index contributed by atoms with van der Waals surface area (Å²) in [6, 6.07) is 9.61. The van der Waals surface area contributed by atoms with Crippen molar-refractivity contribution in [2.24, 2.45) is 17.8 Å². The van der Waals surface area contributed by atoms with Crippen molar-refractivity contribution >= 4 is 0 Å². The molecule has 1 aromatic carbocycles. The molecule has 0 N–H and O–H groups in total. The highest BCUT2D eigenvalue weighted by molar-refractivity contribution is 5.26. The molecule has 0 heterocycles. The molecule has 0 bridgehead atoms. The molecule has 0 spiro atoms. The highest BCUT2D eigenvalue weighted by Gasteiger charge is 2.31. The van der Waals surface area contributed by atoms with E-state index in [-0.39, 0.29) is 0 Å². The fourth-order valence-corrected chi connectivity index (χ4v) is 5.80. The van der Waals surface area contributed by atoms with Gasteiger partial charge in [-0.1, -0.05) is 62.9 Å². The third kappa shape index (κ3) is 6.46. The first kappa shape index (κ1) is 21.6. The van der Waals surface area contributed by atoms with Gasteiger partial charge in [-0.2, -0.15) is 0 Å². The first-order valence-corrected chi connectivity index (χ1v) is 12.1. The molecular weight excluding hydrogens is 343 g/mol. The van der Waals surface area contributed by atoms with Gasteiger partial charge in [-0.3, -0.25) is 0 Å². The molecule has 0 saturated heterocycles. The van der Waals surface area contributed by atoms with Gasteiger partial charge in [0.2, 0.25) is 0 Å². The zero-order valence-corrected chi connectivity index (χ0v) is 18.1. The number of unbranched alkanes of at least 4 members (excludes halogenated alkanes) is 2. The monoisotopic (exact) mass is 384 g/mol. The van der Waals surface area contributed by atoms with Crippen LogP contribution >= 0.6 is 0 Å². The lowest BCUT2D eigenvalue weighted by molar-refractivity contribution is 0.157. The highest BCUT2D eigenvalue weighted by Crippen LogP contribution is 2.44. The summed E-state index contributed by atoms with van der Waals surface area (Å²) in [4.78, 5) is 0. The number of benzene rings is 1. The Balaban J connectivity index is 1.39. The average molecular weight is 385 g/mol. The van der Waals surface area contributed by atoms with Crippen molar-refractivity contribution in [3.63, 3.8) is 0 Å². The van der Waals surface area contributed by atoms with E-state index in [1.807, 2.05) is 0 Å². The minimum atomic E-state index is 0.712. The fourth-order valence-electron chi connectivity index (χ4n) is 5.80. The molecule has 2 fully saturated rings. The first-order chi connectivity index (χ1) is 13.8. The summed E-state index contributed by atoms with van der Waals surface area (Å²) in [6.45, 7) is 2.28. The van der Waals surface area contributed by atoms with Crippen LogP contribution in [0.2, 0.25) is 0 Å². The lowest BCUT2D eigenvalue weighted by Crippen LogP contribution is -2.25. The Morgan fingerprint density at radius 2 is 1.50 bits per heavy atom. The van der Waals surface area contributed by atoms with Gasteiger partial charge >= 0.3 is 0 Å². The van der Waals surface area contributed by atoms with Crippen molar-refractivity contribution in [1.29, 1.82) is 0 Å². The van der Waals surface area contributed by atoms with Crippen LogP contribution < -0.4 is 0 Å². The second-order valence-corrected chi connectivity index (χ2v) is 9.53. The summed E-state index contributed by atoms with van der Waals surface area (Å²) in [5, 5.41) is 0. The summed E-state index contributed by atoms with van der Waals surface area (Å²) in [5.74, 6) is 3.58. The minimum absolute atomic E-state index is 0.712. The van der Waals surface area contributed by atoms with Gasteiger partial charge < -0.3 is 0 Å². The van der Waals surface area contributed by atoms with E-state index in [0.29, 0.717) is 6.33 Å². The van der Waals surface area contributed by atoms with Crippen molar-refractivity contribution in [3.05, 3.63) is 47.8 Å². The summed E-state index contributed by atoms with van der Waals surface area (Å²) >= 11 is 0. The van der Waals surface area contributed by atoms with Crippen LogP contribution in [0.4, 0.5) is 4.39 Å². The Kier molecular flexibility index (Phi) is 9.09. The lowest BCUT2D eigenvalue weighted by Gasteiger charge is -2.38. The van der Waals surface area contributed by atoms with Crippen LogP contribution in [0.1, 0.15) is 107 Å². The number of halogens is 1. The van der Waals surface area contributed by atoms with Crippen molar-refractivity contribution in [1.82, 2.24) is 0 Å². The van der Waals surface area contributed by atoms with E-state index in [2.05, 4.69) is 31.2 Å². The third-order valence-electron chi connectivity index (χ3n) is 7.68. The second-order valence-electron chi connectivity index (χ2n) is 9.53. The maximum absolute atomic E-state index is 12.1. The second kappa shape index (κ2) is 11.8. The van der Waals surface area contributed by atoms with Crippen LogP contribution in [0.5, 0.6) is 0 Å². The molecule has 0 radical (unpaired) electrons. The molecular formula is C27H41F. The SMILES string of the molecule is CCCCCc1ccc([C@H]2CC[C@H]([C@H]3CC[C@H](CCC=CF)CC3)CC2)cc1. The molecule has 2 aliphatic rings. The smallest absolute Gasteiger partial charge is 0.0827 e. The van der Waals surface area contributed by atoms with Crippen LogP contribution in [-0.2, 0) is 6.42 Å². The Morgan fingerprint density at radius 3 is 2.11 bits per heavy atom. The molecule has 0 unspecified atom stereocenters. The van der Waals surface area contributed by atoms with Crippen molar-refractivity contribution < 1.29 is 4.39 Å². The predicted octanol–water partition coefficient (Wildman–Crippen LogP) is 8.76. The van der Waals surface area contributed by atoms with Crippen molar-refractivity contribution in [2.45, 2.75) is 103 Å². The zero-order chi connectivity index (χ0) is 19.6. The standard InChI is InChI=1S/C27H41F/c1-2-3-4-7-22-9-13-24(14-10-22)26-17-19-27(20-18-26)25-15-11-23(12-16-25)8-5-6-21-28/h6,9-10,13-14,21,23,25-27H,2-5,7-8,11-12,15-20H2,1H3/t23-,25-,26-,27-. The Labute approximate surface area is 173 Å². The van der Waals surface area contributed by atoms with Crippen molar-refractivity contribution in [2.75, 3.05) is 0 Å². The van der Waals surface area contributed by atoms with Gasteiger partial charge in [0.1, 0.15) is 0 Å². The lowest BCUT2D eigenvalue weighted by atomic mass is 9.68. The Morgan fingerprint density at radius 1 is 0.857 bits per heavy atom. The van der Waals surface area contributed by atoms with Gasteiger partial charge in [-0.25, -0.2) is 4.39 Å². The molecule has 1 heteroatoms. The molecule has 28 heavy (non-hydrogen) atoms. The van der Waals surface area contributed by atoms with Gasteiger partial charge in [-0.15, -0.1) is 0 Å². The van der Waals surface area contributed by atoms with E-state index in [4.69, 9.17) is 0 Å². The van der Waals surface area contributed by atoms with Gasteiger partial charge in [0.05, 0.1) is 6.33 Å². The number of aryl methyl sites for hydroxylation is 1. The number of hydrogen-bond donors (Lipinski definition) is 0. The maximum Gasteiger partial charge on any atom is 0.0827 e. The number of hydrogen-bond acceptors (Lipinski definition) is 0. The van der Waals surface area contributed by atoms with Crippen LogP contribution in [0.3, 0.4) is 0 Å². The quantitative estimate of drug-likeness (QED) is 0.373. The van der Waals surface area contributed by atoms with Crippen LogP contribution in [0.25, 0.3) is 0 Å². The minimum Gasteiger partial charge on any atom is -0.216 e. The summed E-state index contributed by atoms with van der Waals surface area (Å²) < 4.78 is 12.1. The first-order valence-electron chi connectivity index (χ1n) is 12.1. The number of allylic oxidation sites excluding steroid dienone is 1. The van der Waals surface area contributed by atoms with E-state index < -0.39 is 0 Å². The molecule has 2 aliphatic carbocycles. The molecule has 0 aromatic heterocycles. The summed E-state index contributed by atoms with van der Waals surface area (Å²) in [7, 11) is 0. The normalized spacial score (nSPS) is 28.6. The van der Waals surface area contributed by atoms with Crippen molar-refractivity contribution in [3.8, 4) is 0 Å². The van der Waals surface area contributed by atoms with E-state index in [1.54, 1.807) is 11.6 Å². The van der Waals surface area contributed by atoms with E-state index in [0.717, 1.165) is 30.1 Å². The summed E-state index contributed by atoms with van der Waals surface area (Å²) in [6.07, 6.45) is 21.0. The molecule has 0 amide bonds. The highest BCUT2D eigenvalue weighted by atomic mass is 19.1. The Hall–Kier alpha value is -1.11. The fraction of sp³-hybridized carbons (Fsp3) is 0.704.